The van der Waals surface area contributed by atoms with Crippen molar-refractivity contribution in [1.82, 2.24) is 10.2 Å². The fourth-order valence-electron chi connectivity index (χ4n) is 2.57. The van der Waals surface area contributed by atoms with Gasteiger partial charge in [0.2, 0.25) is 0 Å². The smallest absolute Gasteiger partial charge is 0.260 e. The molecule has 1 saturated heterocycles. The molecule has 25 heavy (non-hydrogen) atoms. The quantitative estimate of drug-likeness (QED) is 0.857. The summed E-state index contributed by atoms with van der Waals surface area (Å²) < 4.78 is 11.5. The van der Waals surface area contributed by atoms with E-state index in [0.717, 1.165) is 31.7 Å². The third kappa shape index (κ3) is 5.66. The van der Waals surface area contributed by atoms with Gasteiger partial charge in [0.15, 0.2) is 18.1 Å². The summed E-state index contributed by atoms with van der Waals surface area (Å²) in [6, 6.07) is 17.4. The van der Waals surface area contributed by atoms with Crippen molar-refractivity contribution in [2.75, 3.05) is 32.8 Å². The van der Waals surface area contributed by atoms with Crippen molar-refractivity contribution in [3.05, 3.63) is 60.2 Å². The van der Waals surface area contributed by atoms with E-state index in [1.165, 1.54) is 0 Å². The molecular formula is C19H23ClN2O3. The molecule has 1 heterocycles. The lowest BCUT2D eigenvalue weighted by Crippen LogP contribution is -2.47. The maximum atomic E-state index is 12.2. The average Bonchev–Trinajstić information content (AvgIpc) is 2.66. The second-order valence-corrected chi connectivity index (χ2v) is 5.64. The number of rotatable bonds is 6. The Bertz CT molecular complexity index is 661. The summed E-state index contributed by atoms with van der Waals surface area (Å²) in [5.74, 6) is 1.25. The van der Waals surface area contributed by atoms with Gasteiger partial charge in [-0.1, -0.05) is 42.5 Å². The van der Waals surface area contributed by atoms with Crippen LogP contribution in [0.4, 0.5) is 0 Å². The van der Waals surface area contributed by atoms with E-state index in [1.807, 2.05) is 59.5 Å². The van der Waals surface area contributed by atoms with Gasteiger partial charge in [-0.3, -0.25) is 4.79 Å². The van der Waals surface area contributed by atoms with Crippen LogP contribution in [0.5, 0.6) is 11.5 Å². The highest BCUT2D eigenvalue weighted by Crippen LogP contribution is 2.27. The van der Waals surface area contributed by atoms with Crippen LogP contribution < -0.4 is 14.8 Å². The fraction of sp³-hybridized carbons (Fsp3) is 0.316. The van der Waals surface area contributed by atoms with Gasteiger partial charge in [-0.2, -0.15) is 0 Å². The molecule has 0 unspecified atom stereocenters. The van der Waals surface area contributed by atoms with Gasteiger partial charge >= 0.3 is 0 Å². The Morgan fingerprint density at radius 3 is 2.20 bits per heavy atom. The van der Waals surface area contributed by atoms with Gasteiger partial charge in [-0.05, 0) is 17.7 Å². The molecular weight excluding hydrogens is 340 g/mol. The largest absolute Gasteiger partial charge is 0.485 e. The number of hydrogen-bond acceptors (Lipinski definition) is 4. The lowest BCUT2D eigenvalue weighted by Gasteiger charge is -2.27. The summed E-state index contributed by atoms with van der Waals surface area (Å²) in [5.41, 5.74) is 1.09. The Kier molecular flexibility index (Phi) is 7.57. The van der Waals surface area contributed by atoms with Crippen LogP contribution >= 0.6 is 12.4 Å². The van der Waals surface area contributed by atoms with Crippen LogP contribution in [0.3, 0.4) is 0 Å². The predicted molar refractivity (Wildman–Crippen MR) is 99.4 cm³/mol. The van der Waals surface area contributed by atoms with Crippen LogP contribution in [0.1, 0.15) is 5.56 Å². The average molecular weight is 363 g/mol. The van der Waals surface area contributed by atoms with Gasteiger partial charge < -0.3 is 19.7 Å². The molecule has 1 aliphatic rings. The van der Waals surface area contributed by atoms with Gasteiger partial charge in [0, 0.05) is 26.2 Å². The minimum Gasteiger partial charge on any atom is -0.485 e. The monoisotopic (exact) mass is 362 g/mol. The first-order chi connectivity index (χ1) is 11.8. The van der Waals surface area contributed by atoms with Gasteiger partial charge in [-0.25, -0.2) is 0 Å². The number of hydrogen-bond donors (Lipinski definition) is 1. The Morgan fingerprint density at radius 2 is 1.52 bits per heavy atom. The summed E-state index contributed by atoms with van der Waals surface area (Å²) in [6.07, 6.45) is 0. The lowest BCUT2D eigenvalue weighted by atomic mass is 10.2. The Hall–Kier alpha value is -2.24. The van der Waals surface area contributed by atoms with Crippen LogP contribution in [0, 0.1) is 0 Å². The van der Waals surface area contributed by atoms with E-state index in [9.17, 15) is 4.79 Å². The maximum Gasteiger partial charge on any atom is 0.260 e. The standard InChI is InChI=1S/C19H22N2O3.ClH/c22-19(21-12-10-20-11-13-21)15-24-18-9-5-4-8-17(18)23-14-16-6-2-1-3-7-16;/h1-9,20H,10-15H2;1H. The van der Waals surface area contributed by atoms with Gasteiger partial charge in [-0.15, -0.1) is 12.4 Å². The highest BCUT2D eigenvalue weighted by atomic mass is 35.5. The number of nitrogens with zero attached hydrogens (tertiary/aromatic N) is 1. The molecule has 5 nitrogen and oxygen atoms in total. The lowest BCUT2D eigenvalue weighted by molar-refractivity contribution is -0.133. The molecule has 0 bridgehead atoms. The first-order valence-corrected chi connectivity index (χ1v) is 8.20. The molecule has 6 heteroatoms. The highest BCUT2D eigenvalue weighted by molar-refractivity contribution is 5.85. The first-order valence-electron chi connectivity index (χ1n) is 8.20. The number of para-hydroxylation sites is 2. The van der Waals surface area contributed by atoms with Crippen molar-refractivity contribution in [2.24, 2.45) is 0 Å². The van der Waals surface area contributed by atoms with Crippen LogP contribution in [-0.2, 0) is 11.4 Å². The van der Waals surface area contributed by atoms with Gasteiger partial charge in [0.05, 0.1) is 0 Å². The summed E-state index contributed by atoms with van der Waals surface area (Å²) in [7, 11) is 0. The topological polar surface area (TPSA) is 50.8 Å². The Labute approximate surface area is 154 Å². The number of benzene rings is 2. The van der Waals surface area contributed by atoms with Crippen molar-refractivity contribution in [3.63, 3.8) is 0 Å². The third-order valence-electron chi connectivity index (χ3n) is 3.91. The van der Waals surface area contributed by atoms with E-state index >= 15 is 0 Å². The summed E-state index contributed by atoms with van der Waals surface area (Å²) in [4.78, 5) is 14.0. The Balaban J connectivity index is 0.00000225. The summed E-state index contributed by atoms with van der Waals surface area (Å²) in [5, 5.41) is 3.23. The highest BCUT2D eigenvalue weighted by Gasteiger charge is 2.17. The molecule has 1 aliphatic heterocycles. The normalized spacial score (nSPS) is 13.7. The molecule has 0 saturated carbocycles. The molecule has 1 fully saturated rings. The maximum absolute atomic E-state index is 12.2. The molecule has 0 radical (unpaired) electrons. The van der Waals surface area contributed by atoms with E-state index in [2.05, 4.69) is 5.32 Å². The van der Waals surface area contributed by atoms with Crippen molar-refractivity contribution in [1.29, 1.82) is 0 Å². The van der Waals surface area contributed by atoms with E-state index in [0.29, 0.717) is 18.1 Å². The van der Waals surface area contributed by atoms with Crippen molar-refractivity contribution < 1.29 is 14.3 Å². The van der Waals surface area contributed by atoms with Crippen LogP contribution in [0.25, 0.3) is 0 Å². The van der Waals surface area contributed by atoms with E-state index in [4.69, 9.17) is 9.47 Å². The zero-order chi connectivity index (χ0) is 16.6. The number of carbonyl (C=O) groups excluding carboxylic acids is 1. The van der Waals surface area contributed by atoms with E-state index in [-0.39, 0.29) is 24.9 Å². The first kappa shape index (κ1) is 19.1. The summed E-state index contributed by atoms with van der Waals surface area (Å²) in [6.45, 7) is 3.63. The molecule has 0 aromatic heterocycles. The zero-order valence-electron chi connectivity index (χ0n) is 14.0. The van der Waals surface area contributed by atoms with E-state index < -0.39 is 0 Å². The SMILES string of the molecule is Cl.O=C(COc1ccccc1OCc1ccccc1)N1CCNCC1. The molecule has 3 rings (SSSR count). The molecule has 2 aromatic rings. The van der Waals surface area contributed by atoms with Gasteiger partial charge in [0.25, 0.3) is 5.91 Å². The van der Waals surface area contributed by atoms with Crippen molar-refractivity contribution in [2.45, 2.75) is 6.61 Å². The second kappa shape index (κ2) is 9.91. The van der Waals surface area contributed by atoms with Crippen LogP contribution in [-0.4, -0.2) is 43.6 Å². The number of halogens is 1. The number of nitrogens with one attached hydrogen (secondary N) is 1. The van der Waals surface area contributed by atoms with E-state index in [1.54, 1.807) is 0 Å². The molecule has 0 atom stereocenters. The van der Waals surface area contributed by atoms with Gasteiger partial charge in [0.1, 0.15) is 6.61 Å². The van der Waals surface area contributed by atoms with Crippen molar-refractivity contribution >= 4 is 18.3 Å². The predicted octanol–water partition coefficient (Wildman–Crippen LogP) is 2.50. The third-order valence-corrected chi connectivity index (χ3v) is 3.91. The number of carbonyl (C=O) groups is 1. The molecule has 2 aromatic carbocycles. The molecule has 1 amide bonds. The van der Waals surface area contributed by atoms with Crippen molar-refractivity contribution in [3.8, 4) is 11.5 Å². The van der Waals surface area contributed by atoms with Crippen LogP contribution in [0.15, 0.2) is 54.6 Å². The minimum atomic E-state index is 0. The second-order valence-electron chi connectivity index (χ2n) is 5.64. The molecule has 0 spiro atoms. The Morgan fingerprint density at radius 1 is 0.920 bits per heavy atom. The molecule has 134 valence electrons. The molecule has 0 aliphatic carbocycles. The number of ether oxygens (including phenoxy) is 2. The number of piperazine rings is 1. The minimum absolute atomic E-state index is 0. The number of amides is 1. The van der Waals surface area contributed by atoms with Crippen LogP contribution in [0.2, 0.25) is 0 Å². The summed E-state index contributed by atoms with van der Waals surface area (Å²) >= 11 is 0. The zero-order valence-corrected chi connectivity index (χ0v) is 14.8. The molecule has 1 N–H and O–H groups in total. The fourth-order valence-corrected chi connectivity index (χ4v) is 2.57.